The fourth-order valence-electron chi connectivity index (χ4n) is 2.25. The normalized spacial score (nSPS) is 11.8. The van der Waals surface area contributed by atoms with Crippen LogP contribution >= 0.6 is 12.2 Å². The van der Waals surface area contributed by atoms with Gasteiger partial charge in [-0.1, -0.05) is 26.0 Å². The second-order valence-corrected chi connectivity index (χ2v) is 6.38. The lowest BCUT2D eigenvalue weighted by atomic mass is 10.0. The molecule has 3 N–H and O–H groups in total. The van der Waals surface area contributed by atoms with Gasteiger partial charge >= 0.3 is 0 Å². The molecule has 1 unspecified atom stereocenters. The van der Waals surface area contributed by atoms with Gasteiger partial charge in [-0.05, 0) is 53.5 Å². The van der Waals surface area contributed by atoms with Crippen molar-refractivity contribution in [3.8, 4) is 0 Å². The van der Waals surface area contributed by atoms with Crippen molar-refractivity contribution in [2.24, 2.45) is 0 Å². The third-order valence-corrected chi connectivity index (χ3v) is 4.03. The number of benzene rings is 2. The predicted octanol–water partition coefficient (Wildman–Crippen LogP) is 3.74. The summed E-state index contributed by atoms with van der Waals surface area (Å²) in [7, 11) is 0. The van der Waals surface area contributed by atoms with E-state index in [2.05, 4.69) is 24.5 Å². The fourth-order valence-corrected chi connectivity index (χ4v) is 2.45. The monoisotopic (exact) mass is 359 g/mol. The summed E-state index contributed by atoms with van der Waals surface area (Å²) in [5, 5.41) is 27.2. The number of aliphatic hydroxyl groups is 1. The first kappa shape index (κ1) is 18.8. The van der Waals surface area contributed by atoms with Crippen molar-refractivity contribution in [3.05, 3.63) is 69.8 Å². The molecule has 132 valence electrons. The third kappa shape index (κ3) is 5.51. The molecule has 25 heavy (non-hydrogen) atoms. The highest BCUT2D eigenvalue weighted by Crippen LogP contribution is 2.18. The van der Waals surface area contributed by atoms with E-state index in [0.717, 1.165) is 5.69 Å². The molecule has 0 saturated carbocycles. The molecule has 0 radical (unpaired) electrons. The minimum Gasteiger partial charge on any atom is -0.387 e. The maximum Gasteiger partial charge on any atom is 0.269 e. The van der Waals surface area contributed by atoms with Gasteiger partial charge in [0.25, 0.3) is 5.69 Å². The number of nitrogens with one attached hydrogen (secondary N) is 2. The number of nitro benzene ring substituents is 1. The molecular weight excluding hydrogens is 338 g/mol. The van der Waals surface area contributed by atoms with Gasteiger partial charge in [-0.2, -0.15) is 0 Å². The van der Waals surface area contributed by atoms with Crippen LogP contribution in [-0.2, 0) is 0 Å². The molecule has 0 bridgehead atoms. The van der Waals surface area contributed by atoms with Crippen LogP contribution in [-0.4, -0.2) is 21.7 Å². The van der Waals surface area contributed by atoms with Crippen LogP contribution in [0.25, 0.3) is 0 Å². The lowest BCUT2D eigenvalue weighted by Crippen LogP contribution is -2.32. The van der Waals surface area contributed by atoms with Crippen molar-refractivity contribution in [1.29, 1.82) is 0 Å². The van der Waals surface area contributed by atoms with Gasteiger partial charge in [0.2, 0.25) is 0 Å². The van der Waals surface area contributed by atoms with Gasteiger partial charge in [0.1, 0.15) is 0 Å². The molecule has 0 fully saturated rings. The van der Waals surface area contributed by atoms with Gasteiger partial charge in [0.05, 0.1) is 11.0 Å². The minimum absolute atomic E-state index is 0.00839. The maximum atomic E-state index is 10.6. The summed E-state index contributed by atoms with van der Waals surface area (Å²) in [6.45, 7) is 4.47. The second-order valence-electron chi connectivity index (χ2n) is 5.98. The lowest BCUT2D eigenvalue weighted by Gasteiger charge is -2.15. The molecule has 0 heterocycles. The van der Waals surface area contributed by atoms with E-state index < -0.39 is 11.0 Å². The van der Waals surface area contributed by atoms with Gasteiger partial charge in [0.15, 0.2) is 5.11 Å². The highest BCUT2D eigenvalue weighted by atomic mass is 32.1. The molecule has 0 aliphatic carbocycles. The zero-order chi connectivity index (χ0) is 18.4. The molecule has 2 aromatic rings. The lowest BCUT2D eigenvalue weighted by molar-refractivity contribution is -0.384. The van der Waals surface area contributed by atoms with Crippen LogP contribution in [0.1, 0.15) is 37.0 Å². The van der Waals surface area contributed by atoms with E-state index >= 15 is 0 Å². The van der Waals surface area contributed by atoms with Crippen LogP contribution in [0.15, 0.2) is 48.5 Å². The fraction of sp³-hybridized carbons (Fsp3) is 0.278. The highest BCUT2D eigenvalue weighted by Gasteiger charge is 2.11. The van der Waals surface area contributed by atoms with Gasteiger partial charge in [-0.3, -0.25) is 10.1 Å². The van der Waals surface area contributed by atoms with Crippen molar-refractivity contribution >= 4 is 28.7 Å². The van der Waals surface area contributed by atoms with E-state index in [4.69, 9.17) is 12.2 Å². The van der Waals surface area contributed by atoms with Crippen LogP contribution < -0.4 is 10.6 Å². The van der Waals surface area contributed by atoms with Crippen LogP contribution in [0.2, 0.25) is 0 Å². The number of thiocarbonyl (C=S) groups is 1. The molecular formula is C18H21N3O3S. The molecule has 0 aliphatic rings. The number of nitro groups is 1. The summed E-state index contributed by atoms with van der Waals surface area (Å²) in [6.07, 6.45) is -0.816. The van der Waals surface area contributed by atoms with Gasteiger partial charge in [-0.25, -0.2) is 0 Å². The average Bonchev–Trinajstić information content (AvgIpc) is 2.60. The van der Waals surface area contributed by atoms with Gasteiger partial charge < -0.3 is 15.7 Å². The summed E-state index contributed by atoms with van der Waals surface area (Å²) in [4.78, 5) is 10.2. The SMILES string of the molecule is CC(C)c1ccc(NC(=S)NCC(O)c2ccc([N+](=O)[O-])cc2)cc1. The van der Waals surface area contributed by atoms with Gasteiger partial charge in [0, 0.05) is 24.4 Å². The first-order valence-corrected chi connectivity index (χ1v) is 8.35. The first-order chi connectivity index (χ1) is 11.9. The summed E-state index contributed by atoms with van der Waals surface area (Å²) in [5.74, 6) is 0.468. The zero-order valence-electron chi connectivity index (χ0n) is 14.1. The molecule has 0 saturated heterocycles. The Balaban J connectivity index is 1.85. The van der Waals surface area contributed by atoms with E-state index in [-0.39, 0.29) is 12.2 Å². The van der Waals surface area contributed by atoms with Gasteiger partial charge in [-0.15, -0.1) is 0 Å². The predicted molar refractivity (Wildman–Crippen MR) is 103 cm³/mol. The molecule has 0 aromatic heterocycles. The van der Waals surface area contributed by atoms with Crippen molar-refractivity contribution in [2.45, 2.75) is 25.9 Å². The second kappa shape index (κ2) is 8.55. The number of aliphatic hydroxyl groups excluding tert-OH is 1. The Morgan fingerprint density at radius 3 is 2.20 bits per heavy atom. The molecule has 6 nitrogen and oxygen atoms in total. The number of non-ortho nitro benzene ring substituents is 1. The summed E-state index contributed by atoms with van der Waals surface area (Å²) >= 11 is 5.22. The molecule has 1 atom stereocenters. The van der Waals surface area contributed by atoms with Crippen LogP contribution in [0.4, 0.5) is 11.4 Å². The standard InChI is InChI=1S/C18H21N3O3S/c1-12(2)13-3-7-15(8-4-13)20-18(25)19-11-17(22)14-5-9-16(10-6-14)21(23)24/h3-10,12,17,22H,11H2,1-2H3,(H2,19,20,25). The van der Waals surface area contributed by atoms with E-state index in [0.29, 0.717) is 16.6 Å². The Kier molecular flexibility index (Phi) is 6.44. The Morgan fingerprint density at radius 1 is 1.12 bits per heavy atom. The number of hydrogen-bond donors (Lipinski definition) is 3. The molecule has 2 rings (SSSR count). The molecule has 0 aliphatic heterocycles. The summed E-state index contributed by atoms with van der Waals surface area (Å²) in [6, 6.07) is 13.8. The van der Waals surface area contributed by atoms with Crippen molar-refractivity contribution < 1.29 is 10.0 Å². The Labute approximate surface area is 152 Å². The maximum absolute atomic E-state index is 10.6. The topological polar surface area (TPSA) is 87.4 Å². The largest absolute Gasteiger partial charge is 0.387 e. The van der Waals surface area contributed by atoms with Crippen LogP contribution in [0.5, 0.6) is 0 Å². The average molecular weight is 359 g/mol. The molecule has 0 spiro atoms. The zero-order valence-corrected chi connectivity index (χ0v) is 14.9. The van der Waals surface area contributed by atoms with E-state index in [1.165, 1.54) is 29.8 Å². The number of rotatable bonds is 6. The van der Waals surface area contributed by atoms with Crippen LogP contribution in [0, 0.1) is 10.1 Å². The number of anilines is 1. The molecule has 7 heteroatoms. The van der Waals surface area contributed by atoms with Crippen molar-refractivity contribution in [3.63, 3.8) is 0 Å². The quantitative estimate of drug-likeness (QED) is 0.414. The number of hydrogen-bond acceptors (Lipinski definition) is 4. The molecule has 0 amide bonds. The van der Waals surface area contributed by atoms with E-state index in [1.54, 1.807) is 0 Å². The number of nitrogens with zero attached hydrogens (tertiary/aromatic N) is 1. The summed E-state index contributed by atoms with van der Waals surface area (Å²) in [5.41, 5.74) is 2.69. The van der Waals surface area contributed by atoms with Crippen molar-refractivity contribution in [2.75, 3.05) is 11.9 Å². The Morgan fingerprint density at radius 2 is 1.68 bits per heavy atom. The van der Waals surface area contributed by atoms with E-state index in [1.807, 2.05) is 24.3 Å². The smallest absolute Gasteiger partial charge is 0.269 e. The Hall–Kier alpha value is -2.51. The van der Waals surface area contributed by atoms with Crippen molar-refractivity contribution in [1.82, 2.24) is 5.32 Å². The minimum atomic E-state index is -0.816. The van der Waals surface area contributed by atoms with E-state index in [9.17, 15) is 15.2 Å². The first-order valence-electron chi connectivity index (χ1n) is 7.94. The van der Waals surface area contributed by atoms with Crippen LogP contribution in [0.3, 0.4) is 0 Å². The molecule has 2 aromatic carbocycles. The third-order valence-electron chi connectivity index (χ3n) is 3.78. The Bertz CT molecular complexity index is 730. The highest BCUT2D eigenvalue weighted by molar-refractivity contribution is 7.80. The summed E-state index contributed by atoms with van der Waals surface area (Å²) < 4.78 is 0.